The maximum absolute atomic E-state index is 11.7. The highest BCUT2D eigenvalue weighted by Gasteiger charge is 2.21. The average molecular weight is 306 g/mol. The number of rotatable bonds is 3. The number of hydrogen-bond donors (Lipinski definition) is 2. The van der Waals surface area contributed by atoms with Gasteiger partial charge in [0.15, 0.2) is 0 Å². The SMILES string of the molecule is O=c1[nH]cnc2cc(NC3CCCSC3)c([N+](=O)[O-])cc12. The normalized spacial score (nSPS) is 18.6. The van der Waals surface area contributed by atoms with E-state index in [1.54, 1.807) is 6.07 Å². The number of aromatic nitrogens is 2. The Bertz CT molecular complexity index is 740. The number of nitro benzene ring substituents is 1. The molecule has 0 bridgehead atoms. The summed E-state index contributed by atoms with van der Waals surface area (Å²) in [5.41, 5.74) is 0.424. The van der Waals surface area contributed by atoms with Gasteiger partial charge in [-0.1, -0.05) is 0 Å². The Labute approximate surface area is 124 Å². The number of H-pyrrole nitrogens is 1. The van der Waals surface area contributed by atoms with Gasteiger partial charge in [-0.25, -0.2) is 4.98 Å². The predicted octanol–water partition coefficient (Wildman–Crippen LogP) is 2.14. The van der Waals surface area contributed by atoms with Crippen LogP contribution >= 0.6 is 11.8 Å². The number of fused-ring (bicyclic) bond motifs is 1. The number of thioether (sulfide) groups is 1. The first-order valence-electron chi connectivity index (χ1n) is 6.65. The summed E-state index contributed by atoms with van der Waals surface area (Å²) in [7, 11) is 0. The highest BCUT2D eigenvalue weighted by molar-refractivity contribution is 7.99. The number of nitro groups is 1. The minimum Gasteiger partial charge on any atom is -0.376 e. The molecule has 2 aromatic rings. The van der Waals surface area contributed by atoms with Gasteiger partial charge in [-0.05, 0) is 24.7 Å². The topological polar surface area (TPSA) is 101 Å². The lowest BCUT2D eigenvalue weighted by Gasteiger charge is -2.23. The van der Waals surface area contributed by atoms with Crippen LogP contribution in [0.2, 0.25) is 0 Å². The van der Waals surface area contributed by atoms with Crippen LogP contribution in [0.15, 0.2) is 23.3 Å². The summed E-state index contributed by atoms with van der Waals surface area (Å²) in [5, 5.41) is 14.7. The Hall–Kier alpha value is -2.09. The van der Waals surface area contributed by atoms with Crippen molar-refractivity contribution in [1.82, 2.24) is 9.97 Å². The summed E-state index contributed by atoms with van der Waals surface area (Å²) in [6.45, 7) is 0. The average Bonchev–Trinajstić information content (AvgIpc) is 2.48. The molecule has 1 aliphatic rings. The molecule has 1 aromatic carbocycles. The molecule has 1 aromatic heterocycles. The first-order valence-corrected chi connectivity index (χ1v) is 7.81. The first kappa shape index (κ1) is 13.9. The molecule has 0 saturated carbocycles. The molecular formula is C13H14N4O3S. The molecule has 7 nitrogen and oxygen atoms in total. The van der Waals surface area contributed by atoms with Gasteiger partial charge in [0.1, 0.15) is 5.69 Å². The van der Waals surface area contributed by atoms with Crippen molar-refractivity contribution >= 4 is 34.0 Å². The Morgan fingerprint density at radius 3 is 3.05 bits per heavy atom. The number of anilines is 1. The zero-order valence-electron chi connectivity index (χ0n) is 11.2. The van der Waals surface area contributed by atoms with E-state index in [2.05, 4.69) is 15.3 Å². The Kier molecular flexibility index (Phi) is 3.78. The van der Waals surface area contributed by atoms with E-state index < -0.39 is 4.92 Å². The zero-order chi connectivity index (χ0) is 14.8. The lowest BCUT2D eigenvalue weighted by Crippen LogP contribution is -2.26. The van der Waals surface area contributed by atoms with E-state index in [9.17, 15) is 14.9 Å². The summed E-state index contributed by atoms with van der Waals surface area (Å²) in [5.74, 6) is 2.06. The van der Waals surface area contributed by atoms with Crippen molar-refractivity contribution in [3.05, 3.63) is 38.9 Å². The standard InChI is InChI=1S/C13H14N4O3S/c18-13-9-4-12(17(19)20)11(5-10(9)14-7-15-13)16-8-2-1-3-21-6-8/h4-5,7-8,16H,1-3,6H2,(H,14,15,18). The fourth-order valence-electron chi connectivity index (χ4n) is 2.44. The quantitative estimate of drug-likeness (QED) is 0.665. The van der Waals surface area contributed by atoms with Crippen LogP contribution in [0, 0.1) is 10.1 Å². The zero-order valence-corrected chi connectivity index (χ0v) is 12.0. The van der Waals surface area contributed by atoms with Crippen LogP contribution in [0.3, 0.4) is 0 Å². The van der Waals surface area contributed by atoms with E-state index in [1.165, 1.54) is 12.4 Å². The number of nitrogens with one attached hydrogen (secondary N) is 2. The van der Waals surface area contributed by atoms with Crippen LogP contribution in [0.1, 0.15) is 12.8 Å². The molecule has 1 atom stereocenters. The number of hydrogen-bond acceptors (Lipinski definition) is 6. The molecule has 21 heavy (non-hydrogen) atoms. The van der Waals surface area contributed by atoms with E-state index in [-0.39, 0.29) is 22.7 Å². The third kappa shape index (κ3) is 2.85. The molecule has 3 rings (SSSR count). The molecule has 0 amide bonds. The van der Waals surface area contributed by atoms with Gasteiger partial charge >= 0.3 is 0 Å². The fraction of sp³-hybridized carbons (Fsp3) is 0.385. The molecule has 1 unspecified atom stereocenters. The molecule has 110 valence electrons. The molecule has 1 saturated heterocycles. The summed E-state index contributed by atoms with van der Waals surface area (Å²) >= 11 is 1.84. The number of nitrogens with zero attached hydrogens (tertiary/aromatic N) is 2. The second-order valence-electron chi connectivity index (χ2n) is 4.93. The highest BCUT2D eigenvalue weighted by atomic mass is 32.2. The Morgan fingerprint density at radius 1 is 1.48 bits per heavy atom. The van der Waals surface area contributed by atoms with Gasteiger partial charge < -0.3 is 10.3 Å². The molecule has 8 heteroatoms. The van der Waals surface area contributed by atoms with Crippen LogP contribution in [0.25, 0.3) is 10.9 Å². The van der Waals surface area contributed by atoms with Gasteiger partial charge in [0.05, 0.1) is 22.2 Å². The van der Waals surface area contributed by atoms with E-state index in [0.717, 1.165) is 24.3 Å². The van der Waals surface area contributed by atoms with Crippen LogP contribution < -0.4 is 10.9 Å². The second-order valence-corrected chi connectivity index (χ2v) is 6.08. The van der Waals surface area contributed by atoms with Crippen molar-refractivity contribution in [2.45, 2.75) is 18.9 Å². The van der Waals surface area contributed by atoms with E-state index >= 15 is 0 Å². The summed E-state index contributed by atoms with van der Waals surface area (Å²) in [6, 6.07) is 3.09. The Morgan fingerprint density at radius 2 is 2.33 bits per heavy atom. The summed E-state index contributed by atoms with van der Waals surface area (Å²) in [6.07, 6.45) is 3.39. The van der Waals surface area contributed by atoms with Gasteiger partial charge in [-0.3, -0.25) is 14.9 Å². The maximum Gasteiger partial charge on any atom is 0.293 e. The van der Waals surface area contributed by atoms with Gasteiger partial charge in [-0.15, -0.1) is 0 Å². The van der Waals surface area contributed by atoms with Crippen molar-refractivity contribution in [1.29, 1.82) is 0 Å². The first-order chi connectivity index (χ1) is 10.1. The predicted molar refractivity (Wildman–Crippen MR) is 83.0 cm³/mol. The minimum absolute atomic E-state index is 0.0865. The van der Waals surface area contributed by atoms with Crippen molar-refractivity contribution < 1.29 is 4.92 Å². The number of aromatic amines is 1. The highest BCUT2D eigenvalue weighted by Crippen LogP contribution is 2.30. The van der Waals surface area contributed by atoms with Gasteiger partial charge in [0, 0.05) is 17.9 Å². The van der Waals surface area contributed by atoms with Crippen molar-refractivity contribution in [2.24, 2.45) is 0 Å². The Balaban J connectivity index is 2.05. The van der Waals surface area contributed by atoms with Crippen LogP contribution in [-0.2, 0) is 0 Å². The van der Waals surface area contributed by atoms with Gasteiger partial charge in [0.2, 0.25) is 0 Å². The van der Waals surface area contributed by atoms with E-state index in [1.807, 2.05) is 11.8 Å². The van der Waals surface area contributed by atoms with Crippen molar-refractivity contribution in [3.63, 3.8) is 0 Å². The third-order valence-electron chi connectivity index (χ3n) is 3.47. The van der Waals surface area contributed by atoms with Gasteiger partial charge in [0.25, 0.3) is 11.2 Å². The molecular weight excluding hydrogens is 292 g/mol. The van der Waals surface area contributed by atoms with Crippen molar-refractivity contribution in [3.8, 4) is 0 Å². The lowest BCUT2D eigenvalue weighted by molar-refractivity contribution is -0.383. The minimum atomic E-state index is -0.468. The molecule has 2 heterocycles. The van der Waals surface area contributed by atoms with Crippen LogP contribution in [-0.4, -0.2) is 32.4 Å². The molecule has 2 N–H and O–H groups in total. The van der Waals surface area contributed by atoms with Crippen LogP contribution in [0.5, 0.6) is 0 Å². The monoisotopic (exact) mass is 306 g/mol. The largest absolute Gasteiger partial charge is 0.376 e. The van der Waals surface area contributed by atoms with Crippen molar-refractivity contribution in [2.75, 3.05) is 16.8 Å². The summed E-state index contributed by atoms with van der Waals surface area (Å²) < 4.78 is 0. The molecule has 0 aliphatic carbocycles. The van der Waals surface area contributed by atoms with E-state index in [4.69, 9.17) is 0 Å². The van der Waals surface area contributed by atoms with Crippen LogP contribution in [0.4, 0.5) is 11.4 Å². The fourth-order valence-corrected chi connectivity index (χ4v) is 3.52. The third-order valence-corrected chi connectivity index (χ3v) is 4.69. The molecule has 0 spiro atoms. The molecule has 0 radical (unpaired) electrons. The maximum atomic E-state index is 11.7. The second kappa shape index (κ2) is 5.72. The molecule has 1 aliphatic heterocycles. The van der Waals surface area contributed by atoms with E-state index in [0.29, 0.717) is 11.2 Å². The number of benzene rings is 1. The van der Waals surface area contributed by atoms with Gasteiger partial charge in [-0.2, -0.15) is 11.8 Å². The lowest BCUT2D eigenvalue weighted by atomic mass is 10.1. The summed E-state index contributed by atoms with van der Waals surface area (Å²) in [4.78, 5) is 29.0. The molecule has 1 fully saturated rings. The smallest absolute Gasteiger partial charge is 0.293 e.